The molecule has 8 heteroatoms. The Morgan fingerprint density at radius 2 is 1.94 bits per heavy atom. The summed E-state index contributed by atoms with van der Waals surface area (Å²) in [5.41, 5.74) is 8.53. The topological polar surface area (TPSA) is 110 Å². The van der Waals surface area contributed by atoms with Gasteiger partial charge in [-0.1, -0.05) is 36.4 Å². The van der Waals surface area contributed by atoms with E-state index in [1.54, 1.807) is 4.90 Å². The number of H-pyrrole nitrogens is 1. The van der Waals surface area contributed by atoms with Crippen LogP contribution in [0.25, 0.3) is 10.9 Å². The first kappa shape index (κ1) is 24.3. The molecule has 2 aliphatic rings. The van der Waals surface area contributed by atoms with Crippen molar-refractivity contribution in [3.8, 4) is 5.75 Å². The van der Waals surface area contributed by atoms with Crippen LogP contribution in [-0.2, 0) is 27.2 Å². The Balaban J connectivity index is 1.27. The number of hydrogen-bond acceptors (Lipinski definition) is 5. The van der Waals surface area contributed by atoms with Crippen molar-refractivity contribution in [3.63, 3.8) is 0 Å². The lowest BCUT2D eigenvalue weighted by atomic mass is 9.91. The first-order chi connectivity index (χ1) is 17.6. The lowest BCUT2D eigenvalue weighted by molar-refractivity contribution is -0.168. The second kappa shape index (κ2) is 10.7. The highest BCUT2D eigenvalue weighted by Gasteiger charge is 2.45. The molecule has 1 unspecified atom stereocenters. The predicted molar refractivity (Wildman–Crippen MR) is 138 cm³/mol. The number of benzene rings is 2. The molecule has 0 radical (unpaired) electrons. The Bertz CT molecular complexity index is 1220. The predicted octanol–water partition coefficient (Wildman–Crippen LogP) is 2.56. The number of hydrogen-bond donors (Lipinski definition) is 3. The van der Waals surface area contributed by atoms with Crippen molar-refractivity contribution in [2.75, 3.05) is 32.8 Å². The second-order valence-corrected chi connectivity index (χ2v) is 9.69. The summed E-state index contributed by atoms with van der Waals surface area (Å²) in [5.74, 6) is 0.527. The number of nitrogens with one attached hydrogen (secondary N) is 2. The Hall–Kier alpha value is -3.36. The first-order valence-electron chi connectivity index (χ1n) is 12.8. The Kier molecular flexibility index (Phi) is 7.25. The van der Waals surface area contributed by atoms with Gasteiger partial charge in [-0.05, 0) is 55.4 Å². The average molecular weight is 491 g/mol. The number of para-hydroxylation sites is 2. The molecule has 3 aromatic rings. The van der Waals surface area contributed by atoms with Gasteiger partial charge in [0, 0.05) is 23.6 Å². The number of carbonyl (C=O) groups is 2. The molecule has 0 aliphatic carbocycles. The summed E-state index contributed by atoms with van der Waals surface area (Å²) < 4.78 is 12.0. The standard InChI is InChI=1S/C28H34N4O4/c29-23(17-21-18-31-24-10-3-2-9-22(21)24)26(33)32-14-16-36-28(19-32)12-6-5-8-20-7-1-4-11-25(20)35-15-13-30-27(28)34/h1-4,7,9-11,18,23,31H,5-6,8,12-17,19,29H2,(H,30,34)/t23-,28?/m0/s1. The normalized spacial score (nSPS) is 22.1. The molecule has 8 nitrogen and oxygen atoms in total. The maximum atomic E-state index is 13.4. The van der Waals surface area contributed by atoms with E-state index < -0.39 is 11.6 Å². The number of fused-ring (bicyclic) bond motifs is 2. The lowest BCUT2D eigenvalue weighted by Gasteiger charge is -2.42. The van der Waals surface area contributed by atoms with Gasteiger partial charge in [0.1, 0.15) is 12.4 Å². The molecule has 1 aromatic heterocycles. The lowest BCUT2D eigenvalue weighted by Crippen LogP contribution is -2.63. The molecular formula is C28H34N4O4. The maximum Gasteiger partial charge on any atom is 0.254 e. The monoisotopic (exact) mass is 490 g/mol. The highest BCUT2D eigenvalue weighted by Crippen LogP contribution is 2.28. The minimum Gasteiger partial charge on any atom is -0.491 e. The SMILES string of the molecule is N[C@@H](Cc1c[nH]c2ccccc12)C(=O)N1CCOC2(CCCCc3ccccc3OCCNC2=O)C1. The van der Waals surface area contributed by atoms with Crippen LogP contribution < -0.4 is 15.8 Å². The molecule has 2 aliphatic heterocycles. The van der Waals surface area contributed by atoms with Crippen LogP contribution in [0.3, 0.4) is 0 Å². The van der Waals surface area contributed by atoms with Crippen molar-refractivity contribution in [3.05, 3.63) is 65.9 Å². The molecule has 1 spiro atoms. The van der Waals surface area contributed by atoms with Crippen LogP contribution in [0.1, 0.15) is 30.4 Å². The van der Waals surface area contributed by atoms with E-state index >= 15 is 0 Å². The molecule has 36 heavy (non-hydrogen) atoms. The van der Waals surface area contributed by atoms with Crippen LogP contribution >= 0.6 is 0 Å². The fourth-order valence-electron chi connectivity index (χ4n) is 5.30. The number of nitrogens with two attached hydrogens (primary N) is 1. The number of morpholine rings is 1. The van der Waals surface area contributed by atoms with E-state index in [2.05, 4.69) is 16.4 Å². The Morgan fingerprint density at radius 3 is 2.86 bits per heavy atom. The van der Waals surface area contributed by atoms with Crippen LogP contribution in [0.15, 0.2) is 54.7 Å². The molecule has 0 saturated carbocycles. The van der Waals surface area contributed by atoms with Crippen LogP contribution in [0.2, 0.25) is 0 Å². The molecule has 1 fully saturated rings. The molecule has 5 rings (SSSR count). The van der Waals surface area contributed by atoms with E-state index in [0.717, 1.165) is 41.5 Å². The van der Waals surface area contributed by atoms with Gasteiger partial charge in [0.05, 0.1) is 25.7 Å². The summed E-state index contributed by atoms with van der Waals surface area (Å²) in [4.78, 5) is 31.7. The number of nitrogens with zero attached hydrogens (tertiary/aromatic N) is 1. The van der Waals surface area contributed by atoms with Gasteiger partial charge >= 0.3 is 0 Å². The van der Waals surface area contributed by atoms with E-state index in [1.165, 1.54) is 5.56 Å². The molecular weight excluding hydrogens is 456 g/mol. The van der Waals surface area contributed by atoms with Gasteiger partial charge in [0.25, 0.3) is 5.91 Å². The third-order valence-corrected chi connectivity index (χ3v) is 7.24. The summed E-state index contributed by atoms with van der Waals surface area (Å²) >= 11 is 0. The van der Waals surface area contributed by atoms with Gasteiger partial charge in [0.2, 0.25) is 5.91 Å². The zero-order chi connectivity index (χ0) is 25.0. The summed E-state index contributed by atoms with van der Waals surface area (Å²) in [6, 6.07) is 15.3. The number of aromatic amines is 1. The highest BCUT2D eigenvalue weighted by molar-refractivity contribution is 5.89. The van der Waals surface area contributed by atoms with Gasteiger partial charge in [-0.2, -0.15) is 0 Å². The van der Waals surface area contributed by atoms with E-state index in [4.69, 9.17) is 15.2 Å². The number of ether oxygens (including phenoxy) is 2. The smallest absolute Gasteiger partial charge is 0.254 e. The summed E-state index contributed by atoms with van der Waals surface area (Å²) in [5, 5.41) is 4.05. The molecule has 0 bridgehead atoms. The molecule has 2 amide bonds. The fraction of sp³-hybridized carbons (Fsp3) is 0.429. The molecule has 2 atom stereocenters. The van der Waals surface area contributed by atoms with E-state index in [1.807, 2.05) is 48.7 Å². The summed E-state index contributed by atoms with van der Waals surface area (Å²) in [7, 11) is 0. The zero-order valence-electron chi connectivity index (χ0n) is 20.5. The number of amides is 2. The number of aryl methyl sites for hydroxylation is 1. The zero-order valence-corrected chi connectivity index (χ0v) is 20.5. The van der Waals surface area contributed by atoms with Gasteiger partial charge in [-0.3, -0.25) is 9.59 Å². The van der Waals surface area contributed by atoms with Gasteiger partial charge in [-0.15, -0.1) is 0 Å². The number of carbonyl (C=O) groups excluding carboxylic acids is 2. The Labute approximate surface area is 211 Å². The Morgan fingerprint density at radius 1 is 1.11 bits per heavy atom. The molecule has 2 aromatic carbocycles. The van der Waals surface area contributed by atoms with Crippen molar-refractivity contribution < 1.29 is 19.1 Å². The molecule has 190 valence electrons. The molecule has 3 heterocycles. The van der Waals surface area contributed by atoms with Crippen molar-refractivity contribution in [1.82, 2.24) is 15.2 Å². The highest BCUT2D eigenvalue weighted by atomic mass is 16.5. The van der Waals surface area contributed by atoms with Crippen molar-refractivity contribution in [2.24, 2.45) is 5.73 Å². The van der Waals surface area contributed by atoms with Gasteiger partial charge < -0.3 is 30.4 Å². The minimum absolute atomic E-state index is 0.154. The fourth-order valence-corrected chi connectivity index (χ4v) is 5.30. The van der Waals surface area contributed by atoms with Crippen LogP contribution in [0.4, 0.5) is 0 Å². The van der Waals surface area contributed by atoms with E-state index in [0.29, 0.717) is 39.1 Å². The largest absolute Gasteiger partial charge is 0.491 e. The van der Waals surface area contributed by atoms with E-state index in [9.17, 15) is 9.59 Å². The van der Waals surface area contributed by atoms with E-state index in [-0.39, 0.29) is 18.4 Å². The van der Waals surface area contributed by atoms with Gasteiger partial charge in [-0.25, -0.2) is 0 Å². The van der Waals surface area contributed by atoms with Crippen molar-refractivity contribution >= 4 is 22.7 Å². The summed E-state index contributed by atoms with van der Waals surface area (Å²) in [6.45, 7) is 1.67. The van der Waals surface area contributed by atoms with Crippen LogP contribution in [0, 0.1) is 0 Å². The molecule has 1 saturated heterocycles. The minimum atomic E-state index is -1.08. The number of rotatable bonds is 3. The van der Waals surface area contributed by atoms with Crippen molar-refractivity contribution in [1.29, 1.82) is 0 Å². The van der Waals surface area contributed by atoms with Gasteiger partial charge in [0.15, 0.2) is 5.60 Å². The quantitative estimate of drug-likeness (QED) is 0.523. The average Bonchev–Trinajstić information content (AvgIpc) is 3.31. The maximum absolute atomic E-state index is 13.4. The third kappa shape index (κ3) is 5.10. The first-order valence-corrected chi connectivity index (χ1v) is 12.8. The third-order valence-electron chi connectivity index (χ3n) is 7.24. The van der Waals surface area contributed by atoms with Crippen LogP contribution in [-0.4, -0.2) is 66.2 Å². The number of aromatic nitrogens is 1. The second-order valence-electron chi connectivity index (χ2n) is 9.69. The van der Waals surface area contributed by atoms with Crippen LogP contribution in [0.5, 0.6) is 5.75 Å². The summed E-state index contributed by atoms with van der Waals surface area (Å²) in [6.07, 6.45) is 5.45. The molecule has 4 N–H and O–H groups in total. The van der Waals surface area contributed by atoms with Crippen molar-refractivity contribution in [2.45, 2.75) is 43.7 Å².